The van der Waals surface area contributed by atoms with Gasteiger partial charge in [0.15, 0.2) is 0 Å². The third kappa shape index (κ3) is 3.39. The second-order valence-electron chi connectivity index (χ2n) is 6.17. The van der Waals surface area contributed by atoms with Crippen LogP contribution in [0.15, 0.2) is 0 Å². The number of urea groups is 1. The van der Waals surface area contributed by atoms with Gasteiger partial charge in [-0.3, -0.25) is 4.79 Å². The molecule has 1 saturated heterocycles. The highest BCUT2D eigenvalue weighted by molar-refractivity contribution is 5.75. The molecule has 0 aromatic rings. The first-order valence-electron chi connectivity index (χ1n) is 7.27. The van der Waals surface area contributed by atoms with Crippen LogP contribution in [-0.4, -0.2) is 40.6 Å². The van der Waals surface area contributed by atoms with E-state index in [9.17, 15) is 9.59 Å². The van der Waals surface area contributed by atoms with E-state index in [0.29, 0.717) is 18.8 Å². The summed E-state index contributed by atoms with van der Waals surface area (Å²) in [6, 6.07) is 0.288. The van der Waals surface area contributed by atoms with Crippen molar-refractivity contribution in [2.24, 2.45) is 11.8 Å². The Morgan fingerprint density at radius 3 is 2.47 bits per heavy atom. The van der Waals surface area contributed by atoms with Gasteiger partial charge in [-0.15, -0.1) is 0 Å². The van der Waals surface area contributed by atoms with E-state index in [-0.39, 0.29) is 24.0 Å². The van der Waals surface area contributed by atoms with E-state index < -0.39 is 5.97 Å². The number of carboxylic acid groups (broad SMARTS) is 1. The van der Waals surface area contributed by atoms with E-state index in [2.05, 4.69) is 19.2 Å². The lowest BCUT2D eigenvalue weighted by atomic mass is 9.94. The van der Waals surface area contributed by atoms with Gasteiger partial charge in [-0.25, -0.2) is 4.79 Å². The van der Waals surface area contributed by atoms with Crippen molar-refractivity contribution in [2.75, 3.05) is 6.54 Å². The van der Waals surface area contributed by atoms with Crippen molar-refractivity contribution in [3.8, 4) is 0 Å². The molecule has 2 N–H and O–H groups in total. The molecule has 2 amide bonds. The van der Waals surface area contributed by atoms with E-state index in [0.717, 1.165) is 25.8 Å². The average molecular weight is 268 g/mol. The lowest BCUT2D eigenvalue weighted by molar-refractivity contribution is -0.141. The van der Waals surface area contributed by atoms with Crippen molar-refractivity contribution in [3.05, 3.63) is 0 Å². The molecule has 1 heterocycles. The molecule has 0 bridgehead atoms. The second kappa shape index (κ2) is 5.80. The molecule has 2 fully saturated rings. The van der Waals surface area contributed by atoms with E-state index in [1.54, 1.807) is 0 Å². The van der Waals surface area contributed by atoms with Crippen molar-refractivity contribution in [1.82, 2.24) is 10.2 Å². The molecule has 1 saturated carbocycles. The Balaban J connectivity index is 1.83. The molecule has 0 aromatic carbocycles. The lowest BCUT2D eigenvalue weighted by Crippen LogP contribution is -2.51. The highest BCUT2D eigenvalue weighted by Gasteiger charge is 2.33. The van der Waals surface area contributed by atoms with Gasteiger partial charge in [0, 0.05) is 18.6 Å². The average Bonchev–Trinajstić information content (AvgIpc) is 2.77. The van der Waals surface area contributed by atoms with E-state index in [1.165, 1.54) is 0 Å². The summed E-state index contributed by atoms with van der Waals surface area (Å²) in [5.41, 5.74) is 0. The summed E-state index contributed by atoms with van der Waals surface area (Å²) in [7, 11) is 0. The maximum absolute atomic E-state index is 12.2. The smallest absolute Gasteiger partial charge is 0.317 e. The van der Waals surface area contributed by atoms with Crippen molar-refractivity contribution < 1.29 is 14.7 Å². The number of aliphatic carboxylic acids is 1. The van der Waals surface area contributed by atoms with Crippen molar-refractivity contribution in [1.29, 1.82) is 0 Å². The number of amides is 2. The summed E-state index contributed by atoms with van der Waals surface area (Å²) in [4.78, 5) is 25.0. The number of piperidine rings is 1. The van der Waals surface area contributed by atoms with Crippen LogP contribution in [-0.2, 0) is 4.79 Å². The standard InChI is InChI=1S/C14H24N2O3/c1-9-5-6-16(10(2)7-9)14(19)15-12-4-3-11(8-12)13(17)18/h9-12H,3-8H2,1-2H3,(H,15,19)(H,17,18). The topological polar surface area (TPSA) is 69.6 Å². The van der Waals surface area contributed by atoms with Crippen molar-refractivity contribution in [2.45, 2.75) is 58.0 Å². The predicted octanol–water partition coefficient (Wildman–Crippen LogP) is 2.07. The summed E-state index contributed by atoms with van der Waals surface area (Å²) in [6.07, 6.45) is 4.13. The number of nitrogens with zero attached hydrogens (tertiary/aromatic N) is 1. The molecule has 4 atom stereocenters. The molecule has 2 rings (SSSR count). The Kier molecular flexibility index (Phi) is 4.32. The fourth-order valence-electron chi connectivity index (χ4n) is 3.30. The molecule has 1 aliphatic heterocycles. The Morgan fingerprint density at radius 1 is 1.16 bits per heavy atom. The van der Waals surface area contributed by atoms with Crippen LogP contribution in [0, 0.1) is 11.8 Å². The van der Waals surface area contributed by atoms with Crippen LogP contribution in [0.4, 0.5) is 4.79 Å². The fraction of sp³-hybridized carbons (Fsp3) is 0.857. The molecule has 0 aromatic heterocycles. The summed E-state index contributed by atoms with van der Waals surface area (Å²) < 4.78 is 0. The number of hydrogen-bond acceptors (Lipinski definition) is 2. The van der Waals surface area contributed by atoms with Gasteiger partial charge in [-0.05, 0) is 44.9 Å². The van der Waals surface area contributed by atoms with Gasteiger partial charge >= 0.3 is 12.0 Å². The third-order valence-corrected chi connectivity index (χ3v) is 4.51. The lowest BCUT2D eigenvalue weighted by Gasteiger charge is -2.37. The van der Waals surface area contributed by atoms with Gasteiger partial charge in [0.2, 0.25) is 0 Å². The van der Waals surface area contributed by atoms with Crippen LogP contribution in [0.3, 0.4) is 0 Å². The molecule has 0 radical (unpaired) electrons. The Morgan fingerprint density at radius 2 is 1.89 bits per heavy atom. The number of nitrogens with one attached hydrogen (secondary N) is 1. The first-order valence-corrected chi connectivity index (χ1v) is 7.27. The number of rotatable bonds is 2. The molecule has 19 heavy (non-hydrogen) atoms. The molecular weight excluding hydrogens is 244 g/mol. The molecule has 2 aliphatic rings. The normalized spacial score (nSPS) is 35.2. The number of carboxylic acids is 1. The summed E-state index contributed by atoms with van der Waals surface area (Å²) >= 11 is 0. The minimum absolute atomic E-state index is 0.0181. The van der Waals surface area contributed by atoms with Crippen molar-refractivity contribution >= 4 is 12.0 Å². The highest BCUT2D eigenvalue weighted by Crippen LogP contribution is 2.27. The van der Waals surface area contributed by atoms with Gasteiger partial charge in [0.05, 0.1) is 5.92 Å². The maximum Gasteiger partial charge on any atom is 0.317 e. The van der Waals surface area contributed by atoms with Crippen LogP contribution in [0.25, 0.3) is 0 Å². The number of likely N-dealkylation sites (tertiary alicyclic amines) is 1. The zero-order chi connectivity index (χ0) is 14.0. The Hall–Kier alpha value is -1.26. The number of hydrogen-bond donors (Lipinski definition) is 2. The summed E-state index contributed by atoms with van der Waals surface area (Å²) in [5.74, 6) is -0.345. The summed E-state index contributed by atoms with van der Waals surface area (Å²) in [6.45, 7) is 5.12. The molecule has 5 heteroatoms. The van der Waals surface area contributed by atoms with Crippen LogP contribution >= 0.6 is 0 Å². The van der Waals surface area contributed by atoms with Gasteiger partial charge in [0.1, 0.15) is 0 Å². The first kappa shape index (κ1) is 14.2. The quantitative estimate of drug-likeness (QED) is 0.805. The fourth-order valence-corrected chi connectivity index (χ4v) is 3.30. The van der Waals surface area contributed by atoms with Crippen LogP contribution in [0.2, 0.25) is 0 Å². The van der Waals surface area contributed by atoms with Gasteiger partial charge < -0.3 is 15.3 Å². The number of carbonyl (C=O) groups excluding carboxylic acids is 1. The van der Waals surface area contributed by atoms with Crippen molar-refractivity contribution in [3.63, 3.8) is 0 Å². The predicted molar refractivity (Wildman–Crippen MR) is 71.9 cm³/mol. The molecule has 1 aliphatic carbocycles. The molecule has 0 spiro atoms. The third-order valence-electron chi connectivity index (χ3n) is 4.51. The van der Waals surface area contributed by atoms with E-state index in [4.69, 9.17) is 5.11 Å². The van der Waals surface area contributed by atoms with Gasteiger partial charge in [0.25, 0.3) is 0 Å². The molecular formula is C14H24N2O3. The molecule has 108 valence electrons. The minimum atomic E-state index is -0.739. The zero-order valence-corrected chi connectivity index (χ0v) is 11.8. The summed E-state index contributed by atoms with van der Waals surface area (Å²) in [5, 5.41) is 12.0. The first-order chi connectivity index (χ1) is 8.97. The van der Waals surface area contributed by atoms with Crippen LogP contribution in [0.5, 0.6) is 0 Å². The van der Waals surface area contributed by atoms with Gasteiger partial charge in [-0.2, -0.15) is 0 Å². The molecule has 5 nitrogen and oxygen atoms in total. The van der Waals surface area contributed by atoms with E-state index in [1.807, 2.05) is 4.90 Å². The second-order valence-corrected chi connectivity index (χ2v) is 6.17. The Labute approximate surface area is 114 Å². The van der Waals surface area contributed by atoms with Crippen LogP contribution in [0.1, 0.15) is 46.0 Å². The number of carbonyl (C=O) groups is 2. The Bertz CT molecular complexity index is 359. The maximum atomic E-state index is 12.2. The minimum Gasteiger partial charge on any atom is -0.481 e. The van der Waals surface area contributed by atoms with E-state index >= 15 is 0 Å². The largest absolute Gasteiger partial charge is 0.481 e. The van der Waals surface area contributed by atoms with Crippen LogP contribution < -0.4 is 5.32 Å². The molecule has 4 unspecified atom stereocenters. The van der Waals surface area contributed by atoms with Gasteiger partial charge in [-0.1, -0.05) is 6.92 Å². The SMILES string of the molecule is CC1CCN(C(=O)NC2CCC(C(=O)O)C2)C(C)C1. The zero-order valence-electron chi connectivity index (χ0n) is 11.8. The highest BCUT2D eigenvalue weighted by atomic mass is 16.4. The monoisotopic (exact) mass is 268 g/mol.